The zero-order chi connectivity index (χ0) is 14.1. The predicted molar refractivity (Wildman–Crippen MR) is 79.3 cm³/mol. The molecule has 0 saturated carbocycles. The van der Waals surface area contributed by atoms with Gasteiger partial charge in [-0.25, -0.2) is 0 Å². The van der Waals surface area contributed by atoms with Crippen molar-refractivity contribution in [2.24, 2.45) is 0 Å². The minimum Gasteiger partial charge on any atom is -0.387 e. The summed E-state index contributed by atoms with van der Waals surface area (Å²) >= 11 is 1.56. The van der Waals surface area contributed by atoms with Gasteiger partial charge < -0.3 is 15.7 Å². The zero-order valence-electron chi connectivity index (χ0n) is 11.7. The molecule has 1 aromatic heterocycles. The molecule has 1 heterocycles. The quantitative estimate of drug-likeness (QED) is 0.608. The van der Waals surface area contributed by atoms with E-state index in [0.717, 1.165) is 31.4 Å². The Balaban J connectivity index is 2.19. The number of aliphatic hydroxyl groups excluding tert-OH is 1. The molecule has 0 saturated heterocycles. The van der Waals surface area contributed by atoms with Crippen LogP contribution in [-0.2, 0) is 4.79 Å². The van der Waals surface area contributed by atoms with Gasteiger partial charge in [-0.05, 0) is 35.7 Å². The van der Waals surface area contributed by atoms with Gasteiger partial charge in [-0.3, -0.25) is 4.79 Å². The minimum atomic E-state index is -0.554. The largest absolute Gasteiger partial charge is 0.387 e. The third kappa shape index (κ3) is 6.18. The van der Waals surface area contributed by atoms with Crippen molar-refractivity contribution >= 4 is 17.2 Å². The fourth-order valence-corrected chi connectivity index (χ4v) is 2.41. The van der Waals surface area contributed by atoms with Crippen molar-refractivity contribution in [2.75, 3.05) is 13.1 Å². The average molecular weight is 284 g/mol. The van der Waals surface area contributed by atoms with Gasteiger partial charge in [-0.15, -0.1) is 0 Å². The molecule has 0 aliphatic carbocycles. The van der Waals surface area contributed by atoms with Crippen molar-refractivity contribution in [3.63, 3.8) is 0 Å². The maximum Gasteiger partial charge on any atom is 0.236 e. The zero-order valence-corrected chi connectivity index (χ0v) is 12.5. The highest BCUT2D eigenvalue weighted by molar-refractivity contribution is 7.07. The van der Waals surface area contributed by atoms with Crippen molar-refractivity contribution in [3.05, 3.63) is 22.4 Å². The summed E-state index contributed by atoms with van der Waals surface area (Å²) in [6.45, 7) is 5.07. The van der Waals surface area contributed by atoms with Gasteiger partial charge in [0.1, 0.15) is 0 Å². The van der Waals surface area contributed by atoms with Crippen molar-refractivity contribution < 1.29 is 9.90 Å². The van der Waals surface area contributed by atoms with Crippen molar-refractivity contribution in [1.29, 1.82) is 0 Å². The number of amides is 1. The van der Waals surface area contributed by atoms with E-state index < -0.39 is 6.10 Å². The van der Waals surface area contributed by atoms with E-state index >= 15 is 0 Å². The Kier molecular flexibility index (Phi) is 7.70. The molecule has 5 heteroatoms. The smallest absolute Gasteiger partial charge is 0.236 e. The average Bonchev–Trinajstić information content (AvgIpc) is 2.94. The first-order chi connectivity index (χ1) is 9.15. The number of carbonyl (C=O) groups is 1. The Morgan fingerprint density at radius 1 is 1.47 bits per heavy atom. The fraction of sp³-hybridized carbons (Fsp3) is 0.643. The molecule has 1 rings (SSSR count). The van der Waals surface area contributed by atoms with E-state index in [1.165, 1.54) is 0 Å². The molecule has 1 amide bonds. The molecular weight excluding hydrogens is 260 g/mol. The van der Waals surface area contributed by atoms with Gasteiger partial charge >= 0.3 is 0 Å². The minimum absolute atomic E-state index is 0.00591. The van der Waals surface area contributed by atoms with E-state index in [4.69, 9.17) is 0 Å². The molecule has 0 aliphatic heterocycles. The van der Waals surface area contributed by atoms with Crippen LogP contribution in [-0.4, -0.2) is 30.1 Å². The molecule has 108 valence electrons. The summed E-state index contributed by atoms with van der Waals surface area (Å²) in [6, 6.07) is 1.61. The van der Waals surface area contributed by atoms with E-state index in [1.807, 2.05) is 23.8 Å². The van der Waals surface area contributed by atoms with Gasteiger partial charge in [0, 0.05) is 13.1 Å². The Labute approximate surface area is 119 Å². The second-order valence-corrected chi connectivity index (χ2v) is 5.48. The van der Waals surface area contributed by atoms with Crippen LogP contribution in [0.2, 0.25) is 0 Å². The van der Waals surface area contributed by atoms with Gasteiger partial charge in [-0.2, -0.15) is 11.3 Å². The summed E-state index contributed by atoms with van der Waals surface area (Å²) in [6.07, 6.45) is 2.75. The summed E-state index contributed by atoms with van der Waals surface area (Å²) in [5.41, 5.74) is 0.896. The maximum absolute atomic E-state index is 11.8. The Morgan fingerprint density at radius 2 is 2.26 bits per heavy atom. The van der Waals surface area contributed by atoms with Crippen molar-refractivity contribution in [2.45, 2.75) is 45.3 Å². The van der Waals surface area contributed by atoms with E-state index in [1.54, 1.807) is 11.3 Å². The Bertz CT molecular complexity index is 354. The van der Waals surface area contributed by atoms with Gasteiger partial charge in [0.15, 0.2) is 0 Å². The third-order valence-corrected chi connectivity index (χ3v) is 3.72. The molecule has 1 aromatic rings. The van der Waals surface area contributed by atoms with E-state index in [9.17, 15) is 9.90 Å². The summed E-state index contributed by atoms with van der Waals surface area (Å²) in [4.78, 5) is 11.8. The van der Waals surface area contributed by atoms with Crippen LogP contribution in [0.5, 0.6) is 0 Å². The molecule has 0 spiro atoms. The molecule has 0 bridgehead atoms. The maximum atomic E-state index is 11.8. The summed E-state index contributed by atoms with van der Waals surface area (Å²) in [5, 5.41) is 19.7. The predicted octanol–water partition coefficient (Wildman–Crippen LogP) is 2.07. The molecule has 3 N–H and O–H groups in total. The molecule has 0 fully saturated rings. The van der Waals surface area contributed by atoms with Crippen LogP contribution in [0.4, 0.5) is 0 Å². The first-order valence-electron chi connectivity index (χ1n) is 6.86. The molecule has 2 atom stereocenters. The molecule has 0 aromatic carbocycles. The number of carbonyl (C=O) groups excluding carboxylic acids is 1. The lowest BCUT2D eigenvalue weighted by Gasteiger charge is -2.16. The lowest BCUT2D eigenvalue weighted by molar-refractivity contribution is -0.122. The lowest BCUT2D eigenvalue weighted by Crippen LogP contribution is -2.43. The number of thiophene rings is 1. The van der Waals surface area contributed by atoms with Gasteiger partial charge in [0.2, 0.25) is 5.91 Å². The summed E-state index contributed by atoms with van der Waals surface area (Å²) < 4.78 is 0. The van der Waals surface area contributed by atoms with Crippen molar-refractivity contribution in [3.8, 4) is 0 Å². The molecular formula is C14H24N2O2S. The van der Waals surface area contributed by atoms with Gasteiger partial charge in [-0.1, -0.05) is 19.8 Å². The van der Waals surface area contributed by atoms with Crippen LogP contribution in [0.25, 0.3) is 0 Å². The SMILES string of the molecule is CCCCCNC(=O)C(C)NCC(O)c1ccsc1. The standard InChI is InChI=1S/C14H24N2O2S/c1-3-4-5-7-15-14(18)11(2)16-9-13(17)12-6-8-19-10-12/h6,8,10-11,13,16-17H,3-5,7,9H2,1-2H3,(H,15,18). The molecule has 4 nitrogen and oxygen atoms in total. The number of unbranched alkanes of at least 4 members (excludes halogenated alkanes) is 2. The Hall–Kier alpha value is -0.910. The number of nitrogens with one attached hydrogen (secondary N) is 2. The van der Waals surface area contributed by atoms with Crippen LogP contribution in [0.3, 0.4) is 0 Å². The van der Waals surface area contributed by atoms with E-state index in [-0.39, 0.29) is 11.9 Å². The molecule has 2 unspecified atom stereocenters. The molecule has 19 heavy (non-hydrogen) atoms. The summed E-state index contributed by atoms with van der Waals surface area (Å²) in [7, 11) is 0. The van der Waals surface area contributed by atoms with E-state index in [2.05, 4.69) is 17.6 Å². The highest BCUT2D eigenvalue weighted by atomic mass is 32.1. The van der Waals surface area contributed by atoms with E-state index in [0.29, 0.717) is 6.54 Å². The van der Waals surface area contributed by atoms with Crippen LogP contribution < -0.4 is 10.6 Å². The topological polar surface area (TPSA) is 61.4 Å². The van der Waals surface area contributed by atoms with Crippen LogP contribution in [0.1, 0.15) is 44.8 Å². The summed E-state index contributed by atoms with van der Waals surface area (Å²) in [5.74, 6) is -0.00591. The van der Waals surface area contributed by atoms with Crippen LogP contribution in [0.15, 0.2) is 16.8 Å². The van der Waals surface area contributed by atoms with Gasteiger partial charge in [0.05, 0.1) is 12.1 Å². The highest BCUT2D eigenvalue weighted by Crippen LogP contribution is 2.15. The van der Waals surface area contributed by atoms with Crippen LogP contribution >= 0.6 is 11.3 Å². The highest BCUT2D eigenvalue weighted by Gasteiger charge is 2.14. The first kappa shape index (κ1) is 16.1. The third-order valence-electron chi connectivity index (χ3n) is 3.02. The second-order valence-electron chi connectivity index (χ2n) is 4.70. The van der Waals surface area contributed by atoms with Gasteiger partial charge in [0.25, 0.3) is 0 Å². The number of rotatable bonds is 9. The Morgan fingerprint density at radius 3 is 2.89 bits per heavy atom. The van der Waals surface area contributed by atoms with Crippen molar-refractivity contribution in [1.82, 2.24) is 10.6 Å². The number of hydrogen-bond acceptors (Lipinski definition) is 4. The van der Waals surface area contributed by atoms with Crippen LogP contribution in [0, 0.1) is 0 Å². The first-order valence-corrected chi connectivity index (χ1v) is 7.80. The number of aliphatic hydroxyl groups is 1. The molecule has 0 radical (unpaired) electrons. The normalized spacial score (nSPS) is 14.1. The number of hydrogen-bond donors (Lipinski definition) is 3. The fourth-order valence-electron chi connectivity index (χ4n) is 1.70. The monoisotopic (exact) mass is 284 g/mol. The molecule has 0 aliphatic rings. The second kappa shape index (κ2) is 9.07. The lowest BCUT2D eigenvalue weighted by atomic mass is 10.2.